The van der Waals surface area contributed by atoms with E-state index >= 15 is 0 Å². The Balaban J connectivity index is 2.36. The van der Waals surface area contributed by atoms with Crippen molar-refractivity contribution < 1.29 is 9.13 Å². The minimum absolute atomic E-state index is 0.203. The molecule has 0 fully saturated rings. The van der Waals surface area contributed by atoms with E-state index in [1.807, 2.05) is 0 Å². The molecule has 0 aromatic heterocycles. The lowest BCUT2D eigenvalue weighted by molar-refractivity contribution is 0.479. The predicted octanol–water partition coefficient (Wildman–Crippen LogP) is 5.27. The van der Waals surface area contributed by atoms with Crippen LogP contribution in [0.1, 0.15) is 0 Å². The Morgan fingerprint density at radius 2 is 1.67 bits per heavy atom. The van der Waals surface area contributed by atoms with Gasteiger partial charge in [0.05, 0.1) is 10.2 Å². The summed E-state index contributed by atoms with van der Waals surface area (Å²) in [6.45, 7) is 0. The van der Waals surface area contributed by atoms with Crippen molar-refractivity contribution in [3.05, 3.63) is 50.7 Å². The first-order valence-corrected chi connectivity index (χ1v) is 6.39. The summed E-state index contributed by atoms with van der Waals surface area (Å²) in [5.74, 6) is 0.127. The van der Waals surface area contributed by atoms with E-state index in [-0.39, 0.29) is 10.2 Å². The third-order valence-electron chi connectivity index (χ3n) is 2.12. The second-order valence-electron chi connectivity index (χ2n) is 3.51. The average molecular weight is 351 g/mol. The quantitative estimate of drug-likeness (QED) is 0.749. The van der Waals surface area contributed by atoms with Crippen LogP contribution in [0.4, 0.5) is 10.1 Å². The largest absolute Gasteiger partial charge is 0.455 e. The normalized spacial score (nSPS) is 10.4. The molecule has 18 heavy (non-hydrogen) atoms. The second-order valence-corrected chi connectivity index (χ2v) is 5.24. The van der Waals surface area contributed by atoms with Gasteiger partial charge in [-0.25, -0.2) is 4.39 Å². The SMILES string of the molecule is Nc1cc(Br)c(F)cc1Oc1cc(Cl)cc(Cl)c1. The Hall–Kier alpha value is -0.970. The highest BCUT2D eigenvalue weighted by atomic mass is 79.9. The van der Waals surface area contributed by atoms with E-state index < -0.39 is 5.82 Å². The molecule has 0 unspecified atom stereocenters. The van der Waals surface area contributed by atoms with Gasteiger partial charge in [-0.05, 0) is 40.2 Å². The van der Waals surface area contributed by atoms with Crippen molar-refractivity contribution >= 4 is 44.8 Å². The summed E-state index contributed by atoms with van der Waals surface area (Å²) in [7, 11) is 0. The minimum atomic E-state index is -0.465. The van der Waals surface area contributed by atoms with E-state index in [9.17, 15) is 4.39 Å². The van der Waals surface area contributed by atoms with Crippen molar-refractivity contribution in [1.29, 1.82) is 0 Å². The van der Waals surface area contributed by atoms with Crippen molar-refractivity contribution in [2.75, 3.05) is 5.73 Å². The molecule has 0 radical (unpaired) electrons. The highest BCUT2D eigenvalue weighted by Gasteiger charge is 2.09. The van der Waals surface area contributed by atoms with Crippen molar-refractivity contribution in [2.24, 2.45) is 0 Å². The number of ether oxygens (including phenoxy) is 1. The molecular weight excluding hydrogens is 344 g/mol. The number of hydrogen-bond donors (Lipinski definition) is 1. The molecule has 0 aliphatic heterocycles. The van der Waals surface area contributed by atoms with Crippen LogP contribution >= 0.6 is 39.1 Å². The van der Waals surface area contributed by atoms with Crippen LogP contribution in [-0.4, -0.2) is 0 Å². The van der Waals surface area contributed by atoms with E-state index in [2.05, 4.69) is 15.9 Å². The maximum absolute atomic E-state index is 13.4. The Labute approximate surface area is 122 Å². The lowest BCUT2D eigenvalue weighted by atomic mass is 10.3. The zero-order valence-electron chi connectivity index (χ0n) is 8.88. The first-order valence-electron chi connectivity index (χ1n) is 4.84. The standard InChI is InChI=1S/C12H7BrCl2FNO/c13-9-4-11(17)12(5-10(9)16)18-8-2-6(14)1-7(15)3-8/h1-5H,17H2. The molecule has 0 amide bonds. The van der Waals surface area contributed by atoms with Crippen LogP contribution in [0.5, 0.6) is 11.5 Å². The minimum Gasteiger partial charge on any atom is -0.455 e. The first-order chi connectivity index (χ1) is 8.45. The molecule has 0 bridgehead atoms. The lowest BCUT2D eigenvalue weighted by Crippen LogP contribution is -1.94. The number of anilines is 1. The van der Waals surface area contributed by atoms with Crippen molar-refractivity contribution in [3.63, 3.8) is 0 Å². The fourth-order valence-corrected chi connectivity index (χ4v) is 2.21. The topological polar surface area (TPSA) is 35.2 Å². The molecule has 2 aromatic rings. The van der Waals surface area contributed by atoms with Gasteiger partial charge in [0.25, 0.3) is 0 Å². The molecule has 6 heteroatoms. The number of rotatable bonds is 2. The molecule has 0 aliphatic rings. The van der Waals surface area contributed by atoms with Gasteiger partial charge in [0.2, 0.25) is 0 Å². The van der Waals surface area contributed by atoms with Crippen LogP contribution in [0.25, 0.3) is 0 Å². The Kier molecular flexibility index (Phi) is 4.00. The highest BCUT2D eigenvalue weighted by molar-refractivity contribution is 9.10. The molecule has 0 spiro atoms. The van der Waals surface area contributed by atoms with Crippen LogP contribution in [0, 0.1) is 5.82 Å². The zero-order chi connectivity index (χ0) is 13.3. The summed E-state index contributed by atoms with van der Waals surface area (Å²) >= 11 is 14.7. The van der Waals surface area contributed by atoms with E-state index in [1.165, 1.54) is 12.1 Å². The fraction of sp³-hybridized carbons (Fsp3) is 0. The van der Waals surface area contributed by atoms with Gasteiger partial charge in [0.15, 0.2) is 5.75 Å². The third kappa shape index (κ3) is 3.07. The maximum atomic E-state index is 13.4. The molecule has 0 saturated carbocycles. The van der Waals surface area contributed by atoms with Crippen LogP contribution in [0.3, 0.4) is 0 Å². The van der Waals surface area contributed by atoms with E-state index in [4.69, 9.17) is 33.7 Å². The molecule has 2 rings (SSSR count). The molecule has 2 aromatic carbocycles. The predicted molar refractivity (Wildman–Crippen MR) is 75.0 cm³/mol. The molecule has 0 atom stereocenters. The molecule has 2 nitrogen and oxygen atoms in total. The second kappa shape index (κ2) is 5.34. The molecule has 0 saturated heterocycles. The van der Waals surface area contributed by atoms with Crippen LogP contribution < -0.4 is 10.5 Å². The van der Waals surface area contributed by atoms with Gasteiger partial charge in [-0.1, -0.05) is 23.2 Å². The smallest absolute Gasteiger partial charge is 0.153 e. The van der Waals surface area contributed by atoms with Crippen molar-refractivity contribution in [1.82, 2.24) is 0 Å². The summed E-state index contributed by atoms with van der Waals surface area (Å²) in [5, 5.41) is 0.849. The maximum Gasteiger partial charge on any atom is 0.153 e. The van der Waals surface area contributed by atoms with Crippen LogP contribution in [0.15, 0.2) is 34.8 Å². The summed E-state index contributed by atoms with van der Waals surface area (Å²) < 4.78 is 19.1. The fourth-order valence-electron chi connectivity index (χ4n) is 1.35. The number of nitrogens with two attached hydrogens (primary N) is 1. The number of halogens is 4. The third-order valence-corrected chi connectivity index (χ3v) is 3.16. The highest BCUT2D eigenvalue weighted by Crippen LogP contribution is 2.34. The average Bonchev–Trinajstić information content (AvgIpc) is 2.24. The Morgan fingerprint density at radius 1 is 1.06 bits per heavy atom. The molecule has 0 aliphatic carbocycles. The van der Waals surface area contributed by atoms with Gasteiger partial charge in [0, 0.05) is 16.1 Å². The number of hydrogen-bond acceptors (Lipinski definition) is 2. The van der Waals surface area contributed by atoms with Gasteiger partial charge in [-0.15, -0.1) is 0 Å². The van der Waals surface area contributed by atoms with Crippen molar-refractivity contribution in [3.8, 4) is 11.5 Å². The van der Waals surface area contributed by atoms with Gasteiger partial charge < -0.3 is 10.5 Å². The van der Waals surface area contributed by atoms with E-state index in [1.54, 1.807) is 18.2 Å². The number of benzene rings is 2. The van der Waals surface area contributed by atoms with E-state index in [0.717, 1.165) is 0 Å². The Morgan fingerprint density at radius 3 is 2.28 bits per heavy atom. The first kappa shape index (κ1) is 13.5. The molecule has 2 N–H and O–H groups in total. The monoisotopic (exact) mass is 349 g/mol. The van der Waals surface area contributed by atoms with Gasteiger partial charge >= 0.3 is 0 Å². The molecular formula is C12H7BrCl2FNO. The summed E-state index contributed by atoms with van der Waals surface area (Å²) in [6.07, 6.45) is 0. The van der Waals surface area contributed by atoms with E-state index in [0.29, 0.717) is 21.5 Å². The Bertz CT molecular complexity index is 587. The zero-order valence-corrected chi connectivity index (χ0v) is 12.0. The van der Waals surface area contributed by atoms with Gasteiger partial charge in [0.1, 0.15) is 11.6 Å². The van der Waals surface area contributed by atoms with Gasteiger partial charge in [-0.2, -0.15) is 0 Å². The summed E-state index contributed by atoms with van der Waals surface area (Å²) in [4.78, 5) is 0. The lowest BCUT2D eigenvalue weighted by Gasteiger charge is -2.10. The number of nitrogen functional groups attached to an aromatic ring is 1. The summed E-state index contributed by atoms with van der Waals surface area (Å²) in [5.41, 5.74) is 6.03. The summed E-state index contributed by atoms with van der Waals surface area (Å²) in [6, 6.07) is 7.31. The molecule has 94 valence electrons. The molecule has 0 heterocycles. The van der Waals surface area contributed by atoms with Gasteiger partial charge in [-0.3, -0.25) is 0 Å². The van der Waals surface area contributed by atoms with Crippen molar-refractivity contribution in [2.45, 2.75) is 0 Å². The van der Waals surface area contributed by atoms with Crippen LogP contribution in [0.2, 0.25) is 10.0 Å². The van der Waals surface area contributed by atoms with Crippen LogP contribution in [-0.2, 0) is 0 Å².